The third-order valence-electron chi connectivity index (χ3n) is 2.26. The summed E-state index contributed by atoms with van der Waals surface area (Å²) >= 11 is 17.5. The molecule has 0 saturated heterocycles. The van der Waals surface area contributed by atoms with E-state index in [1.807, 2.05) is 6.92 Å². The van der Waals surface area contributed by atoms with Gasteiger partial charge in [-0.15, -0.1) is 0 Å². The molecule has 0 fully saturated rings. The van der Waals surface area contributed by atoms with E-state index < -0.39 is 0 Å². The van der Waals surface area contributed by atoms with E-state index >= 15 is 0 Å². The lowest BCUT2D eigenvalue weighted by atomic mass is 10.1. The Hall–Kier alpha value is -0.480. The standard InChI is InChI=1S/C11H13Cl3N2O/c1-2-6(15)3-11(17)16-10-5-8(13)7(12)4-9(10)14/h4-6H,2-3,15H2,1H3,(H,16,17). The molecule has 0 radical (unpaired) electrons. The van der Waals surface area contributed by atoms with Crippen LogP contribution in [0.15, 0.2) is 12.1 Å². The second-order valence-corrected chi connectivity index (χ2v) is 4.89. The van der Waals surface area contributed by atoms with Crippen molar-refractivity contribution in [1.29, 1.82) is 0 Å². The van der Waals surface area contributed by atoms with Gasteiger partial charge in [0.2, 0.25) is 5.91 Å². The van der Waals surface area contributed by atoms with Crippen molar-refractivity contribution in [2.45, 2.75) is 25.8 Å². The first kappa shape index (κ1) is 14.6. The van der Waals surface area contributed by atoms with Gasteiger partial charge in [0.1, 0.15) is 0 Å². The Morgan fingerprint density at radius 3 is 2.47 bits per heavy atom. The van der Waals surface area contributed by atoms with E-state index in [0.29, 0.717) is 20.8 Å². The van der Waals surface area contributed by atoms with Crippen LogP contribution in [0, 0.1) is 0 Å². The van der Waals surface area contributed by atoms with Gasteiger partial charge in [-0.2, -0.15) is 0 Å². The van der Waals surface area contributed by atoms with Gasteiger partial charge in [0.15, 0.2) is 0 Å². The SMILES string of the molecule is CCC(N)CC(=O)Nc1cc(Cl)c(Cl)cc1Cl. The van der Waals surface area contributed by atoms with E-state index in [1.165, 1.54) is 12.1 Å². The summed E-state index contributed by atoms with van der Waals surface area (Å²) in [6.07, 6.45) is 0.982. The fourth-order valence-corrected chi connectivity index (χ4v) is 1.80. The van der Waals surface area contributed by atoms with E-state index in [1.54, 1.807) is 0 Å². The highest BCUT2D eigenvalue weighted by molar-refractivity contribution is 6.44. The van der Waals surface area contributed by atoms with Crippen molar-refractivity contribution in [3.05, 3.63) is 27.2 Å². The maximum Gasteiger partial charge on any atom is 0.225 e. The lowest BCUT2D eigenvalue weighted by molar-refractivity contribution is -0.116. The Kier molecular flexibility index (Phi) is 5.53. The molecule has 3 nitrogen and oxygen atoms in total. The molecular formula is C11H13Cl3N2O. The molecule has 0 aliphatic rings. The van der Waals surface area contributed by atoms with E-state index in [-0.39, 0.29) is 18.4 Å². The van der Waals surface area contributed by atoms with Crippen LogP contribution in [0.4, 0.5) is 5.69 Å². The maximum atomic E-state index is 11.6. The van der Waals surface area contributed by atoms with Crippen LogP contribution >= 0.6 is 34.8 Å². The van der Waals surface area contributed by atoms with Gasteiger partial charge in [-0.05, 0) is 18.6 Å². The number of halogens is 3. The van der Waals surface area contributed by atoms with Crippen molar-refractivity contribution in [1.82, 2.24) is 0 Å². The summed E-state index contributed by atoms with van der Waals surface area (Å²) in [5.74, 6) is -0.195. The maximum absolute atomic E-state index is 11.6. The minimum absolute atomic E-state index is 0.156. The highest BCUT2D eigenvalue weighted by atomic mass is 35.5. The molecule has 1 rings (SSSR count). The van der Waals surface area contributed by atoms with Gasteiger partial charge in [-0.25, -0.2) is 0 Å². The van der Waals surface area contributed by atoms with Crippen LogP contribution in [0.5, 0.6) is 0 Å². The van der Waals surface area contributed by atoms with Crippen LogP contribution in [0.1, 0.15) is 19.8 Å². The number of rotatable bonds is 4. The molecular weight excluding hydrogens is 282 g/mol. The number of hydrogen-bond donors (Lipinski definition) is 2. The fraction of sp³-hybridized carbons (Fsp3) is 0.364. The molecule has 3 N–H and O–H groups in total. The molecule has 1 atom stereocenters. The summed E-state index contributed by atoms with van der Waals surface area (Å²) in [6.45, 7) is 1.92. The molecule has 1 amide bonds. The largest absolute Gasteiger partial charge is 0.327 e. The van der Waals surface area contributed by atoms with E-state index in [2.05, 4.69) is 5.32 Å². The van der Waals surface area contributed by atoms with Crippen molar-refractivity contribution in [3.8, 4) is 0 Å². The molecule has 17 heavy (non-hydrogen) atoms. The van der Waals surface area contributed by atoms with Gasteiger partial charge < -0.3 is 11.1 Å². The fourth-order valence-electron chi connectivity index (χ4n) is 1.20. The number of carbonyl (C=O) groups is 1. The topological polar surface area (TPSA) is 55.1 Å². The molecule has 0 spiro atoms. The van der Waals surface area contributed by atoms with E-state index in [9.17, 15) is 4.79 Å². The quantitative estimate of drug-likeness (QED) is 0.832. The minimum atomic E-state index is -0.195. The molecule has 6 heteroatoms. The van der Waals surface area contributed by atoms with Crippen LogP contribution in [-0.2, 0) is 4.79 Å². The van der Waals surface area contributed by atoms with E-state index in [0.717, 1.165) is 6.42 Å². The Labute approximate surface area is 115 Å². The molecule has 1 unspecified atom stereocenters. The first-order chi connectivity index (χ1) is 7.93. The number of anilines is 1. The molecule has 0 saturated carbocycles. The summed E-state index contributed by atoms with van der Waals surface area (Å²) in [6, 6.07) is 2.85. The molecule has 1 aromatic rings. The van der Waals surface area contributed by atoms with Crippen molar-refractivity contribution in [2.24, 2.45) is 5.73 Å². The third-order valence-corrected chi connectivity index (χ3v) is 3.29. The average Bonchev–Trinajstić information content (AvgIpc) is 2.25. The molecule has 0 heterocycles. The molecule has 0 bridgehead atoms. The summed E-state index contributed by atoms with van der Waals surface area (Å²) in [5, 5.41) is 3.68. The van der Waals surface area contributed by atoms with Gasteiger partial charge in [0.25, 0.3) is 0 Å². The van der Waals surface area contributed by atoms with Crippen LogP contribution in [0.25, 0.3) is 0 Å². The predicted octanol–water partition coefficient (Wildman–Crippen LogP) is 3.71. The van der Waals surface area contributed by atoms with Crippen molar-refractivity contribution < 1.29 is 4.79 Å². The number of carbonyl (C=O) groups excluding carboxylic acids is 1. The zero-order chi connectivity index (χ0) is 13.0. The molecule has 0 aliphatic carbocycles. The van der Waals surface area contributed by atoms with Crippen LogP contribution in [0.2, 0.25) is 15.1 Å². The van der Waals surface area contributed by atoms with Crippen molar-refractivity contribution >= 4 is 46.4 Å². The number of nitrogens with two attached hydrogens (primary N) is 1. The highest BCUT2D eigenvalue weighted by Gasteiger charge is 2.11. The van der Waals surface area contributed by atoms with Gasteiger partial charge in [0.05, 0.1) is 20.8 Å². The minimum Gasteiger partial charge on any atom is -0.327 e. The zero-order valence-electron chi connectivity index (χ0n) is 9.27. The first-order valence-corrected chi connectivity index (χ1v) is 6.27. The smallest absolute Gasteiger partial charge is 0.225 e. The molecule has 94 valence electrons. The van der Waals surface area contributed by atoms with Crippen LogP contribution < -0.4 is 11.1 Å². The summed E-state index contributed by atoms with van der Waals surface area (Å²) in [7, 11) is 0. The first-order valence-electron chi connectivity index (χ1n) is 5.14. The van der Waals surface area contributed by atoms with Gasteiger partial charge in [-0.3, -0.25) is 4.79 Å². The van der Waals surface area contributed by atoms with Crippen LogP contribution in [0.3, 0.4) is 0 Å². The highest BCUT2D eigenvalue weighted by Crippen LogP contribution is 2.32. The summed E-state index contributed by atoms with van der Waals surface area (Å²) in [4.78, 5) is 11.6. The van der Waals surface area contributed by atoms with Crippen molar-refractivity contribution in [2.75, 3.05) is 5.32 Å². The number of nitrogens with one attached hydrogen (secondary N) is 1. The van der Waals surface area contributed by atoms with E-state index in [4.69, 9.17) is 40.5 Å². The normalized spacial score (nSPS) is 12.3. The zero-order valence-corrected chi connectivity index (χ0v) is 11.5. The summed E-state index contributed by atoms with van der Waals surface area (Å²) in [5.41, 5.74) is 6.12. The Bertz CT molecular complexity index is 423. The second kappa shape index (κ2) is 6.45. The van der Waals surface area contributed by atoms with Crippen molar-refractivity contribution in [3.63, 3.8) is 0 Å². The molecule has 0 aliphatic heterocycles. The van der Waals surface area contributed by atoms with Gasteiger partial charge in [-0.1, -0.05) is 41.7 Å². The number of hydrogen-bond acceptors (Lipinski definition) is 2. The Morgan fingerprint density at radius 2 is 1.88 bits per heavy atom. The average molecular weight is 296 g/mol. The Balaban J connectivity index is 2.75. The number of amides is 1. The lowest BCUT2D eigenvalue weighted by Gasteiger charge is -2.11. The van der Waals surface area contributed by atoms with Crippen LogP contribution in [-0.4, -0.2) is 11.9 Å². The number of benzene rings is 1. The third kappa shape index (κ3) is 4.36. The molecule has 1 aromatic carbocycles. The molecule has 0 aromatic heterocycles. The predicted molar refractivity (Wildman–Crippen MR) is 73.0 cm³/mol. The monoisotopic (exact) mass is 294 g/mol. The Morgan fingerprint density at radius 1 is 1.29 bits per heavy atom. The summed E-state index contributed by atoms with van der Waals surface area (Å²) < 4.78 is 0. The second-order valence-electron chi connectivity index (χ2n) is 3.67. The van der Waals surface area contributed by atoms with Gasteiger partial charge in [0, 0.05) is 12.5 Å². The lowest BCUT2D eigenvalue weighted by Crippen LogP contribution is -2.26. The van der Waals surface area contributed by atoms with Gasteiger partial charge >= 0.3 is 0 Å².